The van der Waals surface area contributed by atoms with E-state index in [4.69, 9.17) is 5.73 Å². The van der Waals surface area contributed by atoms with Crippen molar-refractivity contribution >= 4 is 11.5 Å². The number of benzene rings is 1. The fraction of sp³-hybridized carbons (Fsp3) is 0.333. The van der Waals surface area contributed by atoms with E-state index in [-0.39, 0.29) is 0 Å². The highest BCUT2D eigenvalue weighted by atomic mass is 15.0. The normalized spacial score (nSPS) is 17.3. The molecule has 0 aliphatic heterocycles. The number of rotatable bonds is 2. The average Bonchev–Trinajstić information content (AvgIpc) is 2.76. The molecule has 0 radical (unpaired) electrons. The Hall–Kier alpha value is -2.10. The summed E-state index contributed by atoms with van der Waals surface area (Å²) >= 11 is 0. The molecule has 1 aliphatic rings. The third-order valence-electron chi connectivity index (χ3n) is 3.63. The van der Waals surface area contributed by atoms with E-state index in [2.05, 4.69) is 27.4 Å². The van der Waals surface area contributed by atoms with Crippen LogP contribution in [-0.2, 0) is 6.42 Å². The Labute approximate surface area is 113 Å². The summed E-state index contributed by atoms with van der Waals surface area (Å²) in [5, 5.41) is 3.51. The molecule has 1 heterocycles. The van der Waals surface area contributed by atoms with Crippen molar-refractivity contribution in [3.63, 3.8) is 0 Å². The monoisotopic (exact) mass is 254 g/mol. The van der Waals surface area contributed by atoms with Crippen molar-refractivity contribution in [2.75, 3.05) is 11.1 Å². The number of hydrogen-bond donors (Lipinski definition) is 2. The van der Waals surface area contributed by atoms with Crippen molar-refractivity contribution in [2.45, 2.75) is 32.7 Å². The molecule has 0 amide bonds. The Balaban J connectivity index is 1.88. The summed E-state index contributed by atoms with van der Waals surface area (Å²) in [6.45, 7) is 3.94. The summed E-state index contributed by atoms with van der Waals surface area (Å²) in [6.07, 6.45) is 3.94. The molecule has 0 saturated heterocycles. The first kappa shape index (κ1) is 12.0. The van der Waals surface area contributed by atoms with E-state index in [1.165, 1.54) is 11.1 Å². The molecule has 4 nitrogen and oxygen atoms in total. The third-order valence-corrected chi connectivity index (χ3v) is 3.63. The van der Waals surface area contributed by atoms with Crippen molar-refractivity contribution in [1.29, 1.82) is 0 Å². The van der Waals surface area contributed by atoms with Crippen LogP contribution in [0.2, 0.25) is 0 Å². The van der Waals surface area contributed by atoms with Crippen LogP contribution in [0.15, 0.2) is 24.4 Å². The summed E-state index contributed by atoms with van der Waals surface area (Å²) in [7, 11) is 0. The molecule has 4 heteroatoms. The number of aromatic nitrogens is 2. The smallest absolute Gasteiger partial charge is 0.148 e. The molecule has 1 atom stereocenters. The van der Waals surface area contributed by atoms with Gasteiger partial charge in [-0.25, -0.2) is 4.98 Å². The van der Waals surface area contributed by atoms with E-state index in [1.807, 2.05) is 19.9 Å². The quantitative estimate of drug-likeness (QED) is 0.809. The molecular formula is C15H18N4. The summed E-state index contributed by atoms with van der Waals surface area (Å²) < 4.78 is 0. The summed E-state index contributed by atoms with van der Waals surface area (Å²) in [4.78, 5) is 8.87. The Bertz CT molecular complexity index is 622. The maximum atomic E-state index is 5.83. The molecule has 19 heavy (non-hydrogen) atoms. The maximum Gasteiger partial charge on any atom is 0.148 e. The first-order valence-electron chi connectivity index (χ1n) is 6.58. The lowest BCUT2D eigenvalue weighted by Crippen LogP contribution is -2.11. The average molecular weight is 254 g/mol. The lowest BCUT2D eigenvalue weighted by molar-refractivity contribution is 0.753. The number of anilines is 2. The topological polar surface area (TPSA) is 63.8 Å². The van der Waals surface area contributed by atoms with Crippen LogP contribution >= 0.6 is 0 Å². The van der Waals surface area contributed by atoms with Gasteiger partial charge in [0.05, 0.1) is 17.4 Å². The van der Waals surface area contributed by atoms with Gasteiger partial charge in [-0.2, -0.15) is 0 Å². The highest BCUT2D eigenvalue weighted by Crippen LogP contribution is 2.34. The van der Waals surface area contributed by atoms with E-state index < -0.39 is 0 Å². The minimum absolute atomic E-state index is 0.311. The van der Waals surface area contributed by atoms with Gasteiger partial charge in [0, 0.05) is 11.9 Å². The van der Waals surface area contributed by atoms with Crippen LogP contribution in [0.3, 0.4) is 0 Å². The molecule has 1 aromatic carbocycles. The lowest BCUT2D eigenvalue weighted by atomic mass is 10.1. The van der Waals surface area contributed by atoms with Gasteiger partial charge in [-0.3, -0.25) is 4.98 Å². The second-order valence-corrected chi connectivity index (χ2v) is 5.14. The minimum atomic E-state index is 0.311. The van der Waals surface area contributed by atoms with Gasteiger partial charge >= 0.3 is 0 Å². The van der Waals surface area contributed by atoms with E-state index in [1.54, 1.807) is 6.20 Å². The molecule has 0 saturated carbocycles. The van der Waals surface area contributed by atoms with E-state index >= 15 is 0 Å². The van der Waals surface area contributed by atoms with Crippen molar-refractivity contribution < 1.29 is 0 Å². The van der Waals surface area contributed by atoms with Gasteiger partial charge in [0.2, 0.25) is 0 Å². The third kappa shape index (κ3) is 2.26. The number of aryl methyl sites for hydroxylation is 3. The lowest BCUT2D eigenvalue weighted by Gasteiger charge is -2.16. The molecule has 3 rings (SSSR count). The Morgan fingerprint density at radius 1 is 1.32 bits per heavy atom. The molecule has 98 valence electrons. The van der Waals surface area contributed by atoms with Crippen LogP contribution in [0.5, 0.6) is 0 Å². The second kappa shape index (κ2) is 4.53. The molecule has 1 unspecified atom stereocenters. The van der Waals surface area contributed by atoms with Crippen molar-refractivity contribution in [3.05, 3.63) is 46.9 Å². The van der Waals surface area contributed by atoms with Crippen molar-refractivity contribution in [3.8, 4) is 0 Å². The zero-order valence-corrected chi connectivity index (χ0v) is 11.3. The number of nitrogens with zero attached hydrogens (tertiary/aromatic N) is 2. The predicted molar refractivity (Wildman–Crippen MR) is 77.0 cm³/mol. The Kier molecular flexibility index (Phi) is 2.85. The first-order valence-corrected chi connectivity index (χ1v) is 6.58. The van der Waals surface area contributed by atoms with Crippen LogP contribution in [0.4, 0.5) is 11.5 Å². The fourth-order valence-corrected chi connectivity index (χ4v) is 2.63. The Morgan fingerprint density at radius 3 is 3.00 bits per heavy atom. The molecule has 1 aliphatic carbocycles. The number of fused-ring (bicyclic) bond motifs is 1. The second-order valence-electron chi connectivity index (χ2n) is 5.14. The zero-order valence-electron chi connectivity index (χ0n) is 11.3. The largest absolute Gasteiger partial charge is 0.399 e. The van der Waals surface area contributed by atoms with E-state index in [0.29, 0.717) is 6.04 Å². The summed E-state index contributed by atoms with van der Waals surface area (Å²) in [5.74, 6) is 0.884. The van der Waals surface area contributed by atoms with Gasteiger partial charge < -0.3 is 11.1 Å². The van der Waals surface area contributed by atoms with E-state index in [9.17, 15) is 0 Å². The summed E-state index contributed by atoms with van der Waals surface area (Å²) in [6, 6.07) is 6.47. The Morgan fingerprint density at radius 2 is 2.16 bits per heavy atom. The van der Waals surface area contributed by atoms with Gasteiger partial charge in [0.25, 0.3) is 0 Å². The molecule has 3 N–H and O–H groups in total. The highest BCUT2D eigenvalue weighted by molar-refractivity contribution is 5.51. The van der Waals surface area contributed by atoms with Crippen molar-refractivity contribution in [1.82, 2.24) is 9.97 Å². The van der Waals surface area contributed by atoms with Crippen LogP contribution in [-0.4, -0.2) is 9.97 Å². The van der Waals surface area contributed by atoms with Crippen LogP contribution < -0.4 is 11.1 Å². The first-order chi connectivity index (χ1) is 9.13. The maximum absolute atomic E-state index is 5.83. The summed E-state index contributed by atoms with van der Waals surface area (Å²) in [5.41, 5.74) is 11.2. The SMILES string of the molecule is Cc1cnc(C)c(NC2CCc3cc(N)ccc32)n1. The number of nitrogens with two attached hydrogens (primary N) is 1. The van der Waals surface area contributed by atoms with Crippen molar-refractivity contribution in [2.24, 2.45) is 0 Å². The fourth-order valence-electron chi connectivity index (χ4n) is 2.63. The predicted octanol–water partition coefficient (Wildman–Crippen LogP) is 2.78. The molecule has 2 aromatic rings. The number of nitrogen functional groups attached to an aromatic ring is 1. The van der Waals surface area contributed by atoms with Gasteiger partial charge in [-0.1, -0.05) is 6.07 Å². The van der Waals surface area contributed by atoms with E-state index in [0.717, 1.165) is 35.7 Å². The zero-order chi connectivity index (χ0) is 13.4. The highest BCUT2D eigenvalue weighted by Gasteiger charge is 2.23. The standard InChI is InChI=1S/C15H18N4/c1-9-8-17-10(2)15(18-9)19-14-6-3-11-7-12(16)4-5-13(11)14/h4-5,7-8,14H,3,6,16H2,1-2H3,(H,18,19). The number of nitrogens with one attached hydrogen (secondary N) is 1. The number of hydrogen-bond acceptors (Lipinski definition) is 4. The van der Waals surface area contributed by atoms with Gasteiger partial charge in [-0.05, 0) is 49.9 Å². The van der Waals surface area contributed by atoms with Gasteiger partial charge in [0.15, 0.2) is 0 Å². The van der Waals surface area contributed by atoms with Crippen LogP contribution in [0.1, 0.15) is 35.0 Å². The molecular weight excluding hydrogens is 236 g/mol. The van der Waals surface area contributed by atoms with Gasteiger partial charge in [-0.15, -0.1) is 0 Å². The molecule has 0 bridgehead atoms. The molecule has 0 spiro atoms. The van der Waals surface area contributed by atoms with Crippen LogP contribution in [0, 0.1) is 13.8 Å². The minimum Gasteiger partial charge on any atom is -0.399 e. The molecule has 0 fully saturated rings. The molecule has 1 aromatic heterocycles. The van der Waals surface area contributed by atoms with Crippen LogP contribution in [0.25, 0.3) is 0 Å². The van der Waals surface area contributed by atoms with Gasteiger partial charge in [0.1, 0.15) is 5.82 Å².